The first-order chi connectivity index (χ1) is 11.1. The zero-order valence-electron chi connectivity index (χ0n) is 14.0. The third-order valence-corrected chi connectivity index (χ3v) is 3.69. The van der Waals surface area contributed by atoms with E-state index in [9.17, 15) is 4.79 Å². The lowest BCUT2D eigenvalue weighted by Gasteiger charge is -2.13. The molecule has 0 aliphatic heterocycles. The molecule has 2 N–H and O–H groups in total. The monoisotopic (exact) mass is 312 g/mol. The molecule has 0 bridgehead atoms. The van der Waals surface area contributed by atoms with Crippen LogP contribution in [0, 0.1) is 6.92 Å². The van der Waals surface area contributed by atoms with Crippen LogP contribution in [0.5, 0.6) is 5.75 Å². The molecule has 0 saturated heterocycles. The van der Waals surface area contributed by atoms with Crippen LogP contribution in [0.1, 0.15) is 24.5 Å². The van der Waals surface area contributed by atoms with Crippen LogP contribution in [-0.4, -0.2) is 19.6 Å². The lowest BCUT2D eigenvalue weighted by molar-refractivity contribution is -0.116. The number of carbonyl (C=O) groups excluding carboxylic acids is 1. The summed E-state index contributed by atoms with van der Waals surface area (Å²) in [4.78, 5) is 12.1. The van der Waals surface area contributed by atoms with Crippen molar-refractivity contribution in [2.45, 2.75) is 26.7 Å². The summed E-state index contributed by atoms with van der Waals surface area (Å²) in [6, 6.07) is 13.9. The second-order valence-corrected chi connectivity index (χ2v) is 5.44. The van der Waals surface area contributed by atoms with Crippen molar-refractivity contribution in [2.75, 3.05) is 24.3 Å². The lowest BCUT2D eigenvalue weighted by Crippen LogP contribution is -2.17. The van der Waals surface area contributed by atoms with E-state index in [0.717, 1.165) is 17.7 Å². The highest BCUT2D eigenvalue weighted by Crippen LogP contribution is 2.25. The van der Waals surface area contributed by atoms with Crippen LogP contribution in [0.25, 0.3) is 0 Å². The minimum absolute atomic E-state index is 0.0321. The SMILES string of the molecule is CCc1ccccc1NCCC(=O)Nc1cc(C)ccc1OC. The van der Waals surface area contributed by atoms with Gasteiger partial charge in [-0.3, -0.25) is 4.79 Å². The van der Waals surface area contributed by atoms with Crippen LogP contribution in [-0.2, 0) is 11.2 Å². The molecule has 23 heavy (non-hydrogen) atoms. The summed E-state index contributed by atoms with van der Waals surface area (Å²) in [5.74, 6) is 0.642. The zero-order chi connectivity index (χ0) is 16.7. The Labute approximate surface area is 137 Å². The van der Waals surface area contributed by atoms with Crippen molar-refractivity contribution in [1.29, 1.82) is 0 Å². The van der Waals surface area contributed by atoms with Gasteiger partial charge in [0.25, 0.3) is 0 Å². The molecule has 0 radical (unpaired) electrons. The number of nitrogens with one attached hydrogen (secondary N) is 2. The molecule has 0 aliphatic carbocycles. The third kappa shape index (κ3) is 4.74. The van der Waals surface area contributed by atoms with Gasteiger partial charge in [-0.25, -0.2) is 0 Å². The molecule has 0 atom stereocenters. The van der Waals surface area contributed by atoms with E-state index in [1.807, 2.05) is 43.3 Å². The molecule has 0 spiro atoms. The average molecular weight is 312 g/mol. The number of ether oxygens (including phenoxy) is 1. The summed E-state index contributed by atoms with van der Waals surface area (Å²) < 4.78 is 5.27. The van der Waals surface area contributed by atoms with Crippen LogP contribution in [0.15, 0.2) is 42.5 Å². The van der Waals surface area contributed by atoms with Crippen LogP contribution in [0.4, 0.5) is 11.4 Å². The molecule has 0 unspecified atom stereocenters. The minimum atomic E-state index is -0.0321. The number of anilines is 2. The molecule has 0 aromatic heterocycles. The first-order valence-corrected chi connectivity index (χ1v) is 7.90. The lowest BCUT2D eigenvalue weighted by atomic mass is 10.1. The second kappa shape index (κ2) is 8.22. The Kier molecular flexibility index (Phi) is 6.03. The van der Waals surface area contributed by atoms with E-state index in [1.54, 1.807) is 7.11 Å². The van der Waals surface area contributed by atoms with Gasteiger partial charge in [0.1, 0.15) is 5.75 Å². The van der Waals surface area contributed by atoms with Crippen molar-refractivity contribution in [3.63, 3.8) is 0 Å². The van der Waals surface area contributed by atoms with E-state index >= 15 is 0 Å². The van der Waals surface area contributed by atoms with Crippen molar-refractivity contribution in [2.24, 2.45) is 0 Å². The summed E-state index contributed by atoms with van der Waals surface area (Å²) in [5, 5.41) is 6.24. The Morgan fingerprint density at radius 2 is 1.91 bits per heavy atom. The highest BCUT2D eigenvalue weighted by molar-refractivity contribution is 5.92. The number of hydrogen-bond acceptors (Lipinski definition) is 3. The molecule has 0 fully saturated rings. The van der Waals surface area contributed by atoms with Crippen LogP contribution in [0.2, 0.25) is 0 Å². The predicted octanol–water partition coefficient (Wildman–Crippen LogP) is 4.01. The Balaban J connectivity index is 1.89. The van der Waals surface area contributed by atoms with Crippen molar-refractivity contribution in [3.8, 4) is 5.75 Å². The maximum absolute atomic E-state index is 12.1. The van der Waals surface area contributed by atoms with Gasteiger partial charge in [-0.15, -0.1) is 0 Å². The molecule has 4 nitrogen and oxygen atoms in total. The number of rotatable bonds is 7. The molecule has 2 rings (SSSR count). The van der Waals surface area contributed by atoms with Gasteiger partial charge in [0.05, 0.1) is 12.8 Å². The van der Waals surface area contributed by atoms with E-state index in [4.69, 9.17) is 4.74 Å². The van der Waals surface area contributed by atoms with Gasteiger partial charge < -0.3 is 15.4 Å². The predicted molar refractivity (Wildman–Crippen MR) is 95.3 cm³/mol. The number of aryl methyl sites for hydroxylation is 2. The fourth-order valence-corrected chi connectivity index (χ4v) is 2.44. The Morgan fingerprint density at radius 1 is 1.13 bits per heavy atom. The number of hydrogen-bond donors (Lipinski definition) is 2. The summed E-state index contributed by atoms with van der Waals surface area (Å²) in [5.41, 5.74) is 4.15. The molecule has 2 aromatic carbocycles. The van der Waals surface area contributed by atoms with Crippen molar-refractivity contribution < 1.29 is 9.53 Å². The number of para-hydroxylation sites is 1. The van der Waals surface area contributed by atoms with Gasteiger partial charge in [-0.1, -0.05) is 31.2 Å². The van der Waals surface area contributed by atoms with Gasteiger partial charge in [-0.05, 0) is 42.7 Å². The highest BCUT2D eigenvalue weighted by Gasteiger charge is 2.08. The summed E-state index contributed by atoms with van der Waals surface area (Å²) in [6.07, 6.45) is 1.37. The first-order valence-electron chi connectivity index (χ1n) is 7.90. The highest BCUT2D eigenvalue weighted by atomic mass is 16.5. The van der Waals surface area contributed by atoms with Gasteiger partial charge in [-0.2, -0.15) is 0 Å². The fourth-order valence-electron chi connectivity index (χ4n) is 2.44. The topological polar surface area (TPSA) is 50.4 Å². The van der Waals surface area contributed by atoms with E-state index in [2.05, 4.69) is 23.6 Å². The molecule has 4 heteroatoms. The van der Waals surface area contributed by atoms with Crippen LogP contribution >= 0.6 is 0 Å². The molecule has 0 saturated carbocycles. The third-order valence-electron chi connectivity index (χ3n) is 3.69. The van der Waals surface area contributed by atoms with Gasteiger partial charge >= 0.3 is 0 Å². The van der Waals surface area contributed by atoms with Gasteiger partial charge in [0, 0.05) is 18.7 Å². The molecular formula is C19H24N2O2. The van der Waals surface area contributed by atoms with E-state index in [-0.39, 0.29) is 5.91 Å². The normalized spacial score (nSPS) is 10.2. The van der Waals surface area contributed by atoms with Gasteiger partial charge in [0.2, 0.25) is 5.91 Å². The molecule has 122 valence electrons. The second-order valence-electron chi connectivity index (χ2n) is 5.44. The van der Waals surface area contributed by atoms with E-state index in [0.29, 0.717) is 24.4 Å². The van der Waals surface area contributed by atoms with Crippen molar-refractivity contribution in [3.05, 3.63) is 53.6 Å². The number of methoxy groups -OCH3 is 1. The van der Waals surface area contributed by atoms with E-state index < -0.39 is 0 Å². The standard InChI is InChI=1S/C19H24N2O2/c1-4-15-7-5-6-8-16(15)20-12-11-19(22)21-17-13-14(2)9-10-18(17)23-3/h5-10,13,20H,4,11-12H2,1-3H3,(H,21,22). The van der Waals surface area contributed by atoms with Crippen LogP contribution in [0.3, 0.4) is 0 Å². The quantitative estimate of drug-likeness (QED) is 0.812. The molecule has 0 aliphatic rings. The number of amides is 1. The average Bonchev–Trinajstić information content (AvgIpc) is 2.55. The summed E-state index contributed by atoms with van der Waals surface area (Å²) in [7, 11) is 1.60. The van der Waals surface area contributed by atoms with Crippen molar-refractivity contribution in [1.82, 2.24) is 0 Å². The Hall–Kier alpha value is -2.49. The number of benzene rings is 2. The van der Waals surface area contributed by atoms with Crippen LogP contribution < -0.4 is 15.4 Å². The molecule has 1 amide bonds. The van der Waals surface area contributed by atoms with E-state index in [1.165, 1.54) is 5.56 Å². The molecular weight excluding hydrogens is 288 g/mol. The Morgan fingerprint density at radius 3 is 2.65 bits per heavy atom. The molecule has 2 aromatic rings. The smallest absolute Gasteiger partial charge is 0.226 e. The Bertz CT molecular complexity index is 668. The summed E-state index contributed by atoms with van der Waals surface area (Å²) >= 11 is 0. The van der Waals surface area contributed by atoms with Gasteiger partial charge in [0.15, 0.2) is 0 Å². The maximum Gasteiger partial charge on any atom is 0.226 e. The number of carbonyl (C=O) groups is 1. The minimum Gasteiger partial charge on any atom is -0.495 e. The van der Waals surface area contributed by atoms with Crippen molar-refractivity contribution >= 4 is 17.3 Å². The largest absolute Gasteiger partial charge is 0.495 e. The first kappa shape index (κ1) is 16.9. The summed E-state index contributed by atoms with van der Waals surface area (Å²) in [6.45, 7) is 4.70. The molecule has 0 heterocycles. The fraction of sp³-hybridized carbons (Fsp3) is 0.316. The maximum atomic E-state index is 12.1. The zero-order valence-corrected chi connectivity index (χ0v) is 14.0.